The summed E-state index contributed by atoms with van der Waals surface area (Å²) < 4.78 is 0. The molecule has 0 aliphatic carbocycles. The number of aliphatic imine (C=N–C) groups is 1. The smallest absolute Gasteiger partial charge is 0.123 e. The molecule has 0 saturated carbocycles. The topological polar surface area (TPSA) is 41.6 Å². The fraction of sp³-hybridized carbons (Fsp3) is 0.500. The van der Waals surface area contributed by atoms with Gasteiger partial charge in [-0.05, 0) is 37.5 Å². The molecule has 1 aromatic carbocycles. The van der Waals surface area contributed by atoms with Gasteiger partial charge in [-0.1, -0.05) is 18.2 Å². The molecule has 0 spiro atoms. The second-order valence-electron chi connectivity index (χ2n) is 5.08. The lowest BCUT2D eigenvalue weighted by molar-refractivity contribution is 0.497. The van der Waals surface area contributed by atoms with Crippen LogP contribution in [0.4, 0.5) is 0 Å². The monoisotopic (exact) mass is 231 g/mol. The summed E-state index contributed by atoms with van der Waals surface area (Å²) in [6, 6.07) is 6.30. The summed E-state index contributed by atoms with van der Waals surface area (Å²) in [4.78, 5) is 6.71. The highest BCUT2D eigenvalue weighted by Gasteiger charge is 2.34. The zero-order valence-electron chi connectivity index (χ0n) is 11.1. The number of benzene rings is 1. The summed E-state index contributed by atoms with van der Waals surface area (Å²) in [7, 11) is 2.06. The van der Waals surface area contributed by atoms with E-state index in [1.807, 2.05) is 0 Å². The van der Waals surface area contributed by atoms with Gasteiger partial charge < -0.3 is 10.6 Å². The summed E-state index contributed by atoms with van der Waals surface area (Å²) in [6.45, 7) is 8.12. The molecule has 1 aromatic rings. The maximum absolute atomic E-state index is 6.53. The normalized spacial score (nSPS) is 19.1. The minimum Gasteiger partial charge on any atom is -0.360 e. The molecular formula is C14H21N3. The van der Waals surface area contributed by atoms with E-state index in [-0.39, 0.29) is 0 Å². The van der Waals surface area contributed by atoms with Crippen molar-refractivity contribution in [2.24, 2.45) is 10.7 Å². The van der Waals surface area contributed by atoms with E-state index in [0.717, 1.165) is 18.9 Å². The summed E-state index contributed by atoms with van der Waals surface area (Å²) in [5, 5.41) is 0. The third-order valence-electron chi connectivity index (χ3n) is 3.69. The molecule has 0 bridgehead atoms. The van der Waals surface area contributed by atoms with Gasteiger partial charge in [0, 0.05) is 13.6 Å². The molecule has 3 nitrogen and oxygen atoms in total. The standard InChI is InChI=1S/C14H21N3/c1-10-6-5-7-12(11(10)2)14(3,15)13-16-8-9-17(13)4/h5-7H,8-9,15H2,1-4H3. The summed E-state index contributed by atoms with van der Waals surface area (Å²) in [5.41, 5.74) is 9.75. The Morgan fingerprint density at radius 3 is 2.65 bits per heavy atom. The van der Waals surface area contributed by atoms with Crippen molar-refractivity contribution >= 4 is 5.84 Å². The molecule has 0 aromatic heterocycles. The number of nitrogens with two attached hydrogens (primary N) is 1. The second kappa shape index (κ2) is 4.15. The Labute approximate surface area is 103 Å². The van der Waals surface area contributed by atoms with Crippen LogP contribution >= 0.6 is 0 Å². The van der Waals surface area contributed by atoms with Crippen molar-refractivity contribution in [2.75, 3.05) is 20.1 Å². The number of nitrogens with zero attached hydrogens (tertiary/aromatic N) is 2. The average molecular weight is 231 g/mol. The van der Waals surface area contributed by atoms with Crippen LogP contribution in [0.5, 0.6) is 0 Å². The van der Waals surface area contributed by atoms with Crippen molar-refractivity contribution in [3.05, 3.63) is 34.9 Å². The van der Waals surface area contributed by atoms with Crippen LogP contribution in [-0.4, -0.2) is 30.9 Å². The highest BCUT2D eigenvalue weighted by Crippen LogP contribution is 2.27. The van der Waals surface area contributed by atoms with Crippen molar-refractivity contribution < 1.29 is 0 Å². The molecule has 0 radical (unpaired) electrons. The van der Waals surface area contributed by atoms with Gasteiger partial charge in [0.05, 0.1) is 12.1 Å². The van der Waals surface area contributed by atoms with Crippen molar-refractivity contribution in [3.8, 4) is 0 Å². The van der Waals surface area contributed by atoms with Crippen LogP contribution in [0.3, 0.4) is 0 Å². The zero-order valence-corrected chi connectivity index (χ0v) is 11.1. The molecule has 1 unspecified atom stereocenters. The van der Waals surface area contributed by atoms with Gasteiger partial charge in [-0.15, -0.1) is 0 Å². The Morgan fingerprint density at radius 1 is 1.35 bits per heavy atom. The summed E-state index contributed by atoms with van der Waals surface area (Å²) in [5.74, 6) is 0.992. The van der Waals surface area contributed by atoms with Crippen molar-refractivity contribution in [3.63, 3.8) is 0 Å². The molecule has 17 heavy (non-hydrogen) atoms. The Kier molecular flexibility index (Phi) is 2.96. The van der Waals surface area contributed by atoms with E-state index in [1.165, 1.54) is 16.7 Å². The van der Waals surface area contributed by atoms with E-state index >= 15 is 0 Å². The fourth-order valence-corrected chi connectivity index (χ4v) is 2.53. The Balaban J connectivity index is 2.48. The molecule has 1 aliphatic heterocycles. The number of hydrogen-bond acceptors (Lipinski definition) is 3. The molecule has 2 rings (SSSR count). The van der Waals surface area contributed by atoms with E-state index in [0.29, 0.717) is 0 Å². The SMILES string of the molecule is Cc1cccc(C(C)(N)C2=NCCN2C)c1C. The van der Waals surface area contributed by atoms with Crippen molar-refractivity contribution in [1.29, 1.82) is 0 Å². The molecule has 1 atom stereocenters. The first-order valence-corrected chi connectivity index (χ1v) is 6.06. The lowest BCUT2D eigenvalue weighted by Crippen LogP contribution is -2.48. The molecule has 92 valence electrons. The number of amidine groups is 1. The number of aryl methyl sites for hydroxylation is 1. The van der Waals surface area contributed by atoms with E-state index in [4.69, 9.17) is 5.73 Å². The van der Waals surface area contributed by atoms with Gasteiger partial charge in [0.1, 0.15) is 5.84 Å². The van der Waals surface area contributed by atoms with Crippen LogP contribution in [0.15, 0.2) is 23.2 Å². The largest absolute Gasteiger partial charge is 0.360 e. The molecule has 2 N–H and O–H groups in total. The second-order valence-corrected chi connectivity index (χ2v) is 5.08. The Bertz CT molecular complexity index is 461. The molecule has 0 saturated heterocycles. The number of hydrogen-bond donors (Lipinski definition) is 1. The zero-order chi connectivity index (χ0) is 12.6. The molecule has 1 aliphatic rings. The number of likely N-dealkylation sites (N-methyl/N-ethyl adjacent to an activating group) is 1. The average Bonchev–Trinajstić information content (AvgIpc) is 2.69. The number of rotatable bonds is 2. The van der Waals surface area contributed by atoms with Gasteiger partial charge >= 0.3 is 0 Å². The first kappa shape index (κ1) is 12.1. The van der Waals surface area contributed by atoms with E-state index in [9.17, 15) is 0 Å². The van der Waals surface area contributed by atoms with Crippen molar-refractivity contribution in [2.45, 2.75) is 26.3 Å². The predicted molar refractivity (Wildman–Crippen MR) is 72.4 cm³/mol. The highest BCUT2D eigenvalue weighted by molar-refractivity contribution is 5.93. The van der Waals surface area contributed by atoms with Crippen LogP contribution in [0.25, 0.3) is 0 Å². The molecule has 0 amide bonds. The minimum absolute atomic E-state index is 0.499. The Morgan fingerprint density at radius 2 is 2.06 bits per heavy atom. The highest BCUT2D eigenvalue weighted by atomic mass is 15.2. The maximum atomic E-state index is 6.53. The lowest BCUT2D eigenvalue weighted by Gasteiger charge is -2.31. The molecule has 3 heteroatoms. The molecular weight excluding hydrogens is 210 g/mol. The first-order valence-electron chi connectivity index (χ1n) is 6.06. The van der Waals surface area contributed by atoms with Gasteiger partial charge in [0.15, 0.2) is 0 Å². The molecule has 1 heterocycles. The van der Waals surface area contributed by atoms with Crippen LogP contribution in [-0.2, 0) is 5.54 Å². The van der Waals surface area contributed by atoms with E-state index < -0.39 is 5.54 Å². The predicted octanol–water partition coefficient (Wildman–Crippen LogP) is 1.82. The van der Waals surface area contributed by atoms with E-state index in [1.54, 1.807) is 0 Å². The van der Waals surface area contributed by atoms with Crippen molar-refractivity contribution in [1.82, 2.24) is 4.90 Å². The van der Waals surface area contributed by atoms with Crippen LogP contribution in [0, 0.1) is 13.8 Å². The molecule has 0 fully saturated rings. The Hall–Kier alpha value is -1.35. The van der Waals surface area contributed by atoms with Gasteiger partial charge in [-0.3, -0.25) is 4.99 Å². The third kappa shape index (κ3) is 1.95. The van der Waals surface area contributed by atoms with Crippen LogP contribution in [0.2, 0.25) is 0 Å². The first-order chi connectivity index (χ1) is 7.94. The van der Waals surface area contributed by atoms with Gasteiger partial charge in [0.25, 0.3) is 0 Å². The third-order valence-corrected chi connectivity index (χ3v) is 3.69. The summed E-state index contributed by atoms with van der Waals surface area (Å²) >= 11 is 0. The van der Waals surface area contributed by atoms with E-state index in [2.05, 4.69) is 55.9 Å². The maximum Gasteiger partial charge on any atom is 0.123 e. The van der Waals surface area contributed by atoms with Gasteiger partial charge in [-0.2, -0.15) is 0 Å². The summed E-state index contributed by atoms with van der Waals surface area (Å²) in [6.07, 6.45) is 0. The minimum atomic E-state index is -0.499. The van der Waals surface area contributed by atoms with Gasteiger partial charge in [-0.25, -0.2) is 0 Å². The van der Waals surface area contributed by atoms with Crippen LogP contribution < -0.4 is 5.73 Å². The fourth-order valence-electron chi connectivity index (χ4n) is 2.53. The quantitative estimate of drug-likeness (QED) is 0.843. The van der Waals surface area contributed by atoms with Gasteiger partial charge in [0.2, 0.25) is 0 Å². The van der Waals surface area contributed by atoms with Crippen LogP contribution in [0.1, 0.15) is 23.6 Å². The lowest BCUT2D eigenvalue weighted by atomic mass is 9.86.